The minimum atomic E-state index is 0.545. The molecule has 84 valence electrons. The highest BCUT2D eigenvalue weighted by atomic mass is 35.5. The largest absolute Gasteiger partial charge is 0.245 e. The molecule has 0 radical (unpaired) electrons. The van der Waals surface area contributed by atoms with Gasteiger partial charge < -0.3 is 0 Å². The lowest BCUT2D eigenvalue weighted by atomic mass is 9.73. The minimum absolute atomic E-state index is 0.545. The maximum absolute atomic E-state index is 5.77. The molecule has 0 saturated heterocycles. The Morgan fingerprint density at radius 2 is 2.13 bits per heavy atom. The van der Waals surface area contributed by atoms with Gasteiger partial charge >= 0.3 is 0 Å². The van der Waals surface area contributed by atoms with E-state index in [1.165, 1.54) is 30.7 Å². The van der Waals surface area contributed by atoms with E-state index in [9.17, 15) is 0 Å². The summed E-state index contributed by atoms with van der Waals surface area (Å²) in [6.45, 7) is 4.74. The van der Waals surface area contributed by atoms with E-state index in [0.717, 1.165) is 5.69 Å². The number of hydrogen-bond acceptors (Lipinski definition) is 2. The molecule has 0 aromatic carbocycles. The lowest BCUT2D eigenvalue weighted by Gasteiger charge is -2.33. The Balaban J connectivity index is 2.01. The lowest BCUT2D eigenvalue weighted by molar-refractivity contribution is 0.224. The lowest BCUT2D eigenvalue weighted by Crippen LogP contribution is -2.20. The molecule has 0 spiro atoms. The van der Waals surface area contributed by atoms with Crippen LogP contribution in [0.2, 0.25) is 0 Å². The molecule has 15 heavy (non-hydrogen) atoms. The van der Waals surface area contributed by atoms with E-state index in [1.54, 1.807) is 11.3 Å². The molecule has 0 aliphatic heterocycles. The number of hydrogen-bond donors (Lipinski definition) is 0. The fourth-order valence-corrected chi connectivity index (χ4v) is 3.44. The van der Waals surface area contributed by atoms with E-state index in [0.29, 0.717) is 17.2 Å². The van der Waals surface area contributed by atoms with Crippen molar-refractivity contribution < 1.29 is 0 Å². The minimum Gasteiger partial charge on any atom is -0.245 e. The van der Waals surface area contributed by atoms with Crippen LogP contribution in [0.15, 0.2) is 5.38 Å². The maximum atomic E-state index is 5.77. The number of thiazole rings is 1. The van der Waals surface area contributed by atoms with Gasteiger partial charge in [-0.25, -0.2) is 4.98 Å². The summed E-state index contributed by atoms with van der Waals surface area (Å²) in [5, 5.41) is 3.41. The monoisotopic (exact) mass is 243 g/mol. The Morgan fingerprint density at radius 1 is 1.47 bits per heavy atom. The van der Waals surface area contributed by atoms with Crippen molar-refractivity contribution in [1.29, 1.82) is 0 Å². The average Bonchev–Trinajstić information content (AvgIpc) is 2.66. The molecular formula is C12H18ClNS. The number of aromatic nitrogens is 1. The van der Waals surface area contributed by atoms with Crippen molar-refractivity contribution in [3.63, 3.8) is 0 Å². The third kappa shape index (κ3) is 2.73. The summed E-state index contributed by atoms with van der Waals surface area (Å²) in [7, 11) is 0. The van der Waals surface area contributed by atoms with Gasteiger partial charge in [-0.15, -0.1) is 22.9 Å². The first-order valence-corrected chi connectivity index (χ1v) is 7.02. The first-order valence-electron chi connectivity index (χ1n) is 5.61. The molecule has 3 heteroatoms. The van der Waals surface area contributed by atoms with E-state index < -0.39 is 0 Å². The van der Waals surface area contributed by atoms with Crippen LogP contribution >= 0.6 is 22.9 Å². The maximum Gasteiger partial charge on any atom is 0.0959 e. The van der Waals surface area contributed by atoms with Crippen molar-refractivity contribution in [3.05, 3.63) is 16.1 Å². The summed E-state index contributed by atoms with van der Waals surface area (Å²) < 4.78 is 0. The number of rotatable bonds is 2. The highest BCUT2D eigenvalue weighted by molar-refractivity contribution is 7.09. The normalized spacial score (nSPS) is 21.8. The molecule has 0 bridgehead atoms. The van der Waals surface area contributed by atoms with Gasteiger partial charge in [0.05, 0.1) is 16.6 Å². The molecule has 2 rings (SSSR count). The molecule has 1 fully saturated rings. The van der Waals surface area contributed by atoms with E-state index in [2.05, 4.69) is 24.2 Å². The van der Waals surface area contributed by atoms with Crippen LogP contribution in [-0.2, 0) is 5.88 Å². The summed E-state index contributed by atoms with van der Waals surface area (Å²) in [6, 6.07) is 0. The van der Waals surface area contributed by atoms with Crippen LogP contribution in [0.5, 0.6) is 0 Å². The Labute approximate surface area is 101 Å². The van der Waals surface area contributed by atoms with Crippen molar-refractivity contribution in [2.45, 2.75) is 51.3 Å². The van der Waals surface area contributed by atoms with Crippen molar-refractivity contribution in [2.24, 2.45) is 5.41 Å². The van der Waals surface area contributed by atoms with Crippen molar-refractivity contribution in [2.75, 3.05) is 0 Å². The van der Waals surface area contributed by atoms with Crippen molar-refractivity contribution >= 4 is 22.9 Å². The van der Waals surface area contributed by atoms with Gasteiger partial charge in [-0.05, 0) is 31.1 Å². The first-order chi connectivity index (χ1) is 7.11. The molecular weight excluding hydrogens is 226 g/mol. The topological polar surface area (TPSA) is 12.9 Å². The Bertz CT molecular complexity index is 322. The van der Waals surface area contributed by atoms with E-state index in [4.69, 9.17) is 11.6 Å². The molecule has 1 saturated carbocycles. The second-order valence-corrected chi connectivity index (χ2v) is 6.41. The van der Waals surface area contributed by atoms with Gasteiger partial charge in [0.2, 0.25) is 0 Å². The fraction of sp³-hybridized carbons (Fsp3) is 0.750. The zero-order valence-electron chi connectivity index (χ0n) is 9.42. The Morgan fingerprint density at radius 3 is 2.67 bits per heavy atom. The first kappa shape index (κ1) is 11.4. The second kappa shape index (κ2) is 4.42. The van der Waals surface area contributed by atoms with Crippen LogP contribution in [0.25, 0.3) is 0 Å². The van der Waals surface area contributed by atoms with Crippen molar-refractivity contribution in [3.8, 4) is 0 Å². The number of halogens is 1. The third-order valence-corrected chi connectivity index (χ3v) is 4.72. The average molecular weight is 244 g/mol. The van der Waals surface area contributed by atoms with Crippen LogP contribution in [-0.4, -0.2) is 4.98 Å². The van der Waals surface area contributed by atoms with Crippen LogP contribution < -0.4 is 0 Å². The van der Waals surface area contributed by atoms with Gasteiger partial charge in [0, 0.05) is 11.3 Å². The molecule has 0 unspecified atom stereocenters. The fourth-order valence-electron chi connectivity index (χ4n) is 2.22. The smallest absolute Gasteiger partial charge is 0.0959 e. The third-order valence-electron chi connectivity index (χ3n) is 3.39. The zero-order valence-corrected chi connectivity index (χ0v) is 11.0. The zero-order chi connectivity index (χ0) is 10.9. The molecule has 1 aromatic heterocycles. The summed E-state index contributed by atoms with van der Waals surface area (Å²) in [5.41, 5.74) is 1.59. The van der Waals surface area contributed by atoms with Gasteiger partial charge in [0.25, 0.3) is 0 Å². The van der Waals surface area contributed by atoms with Crippen LogP contribution in [0, 0.1) is 5.41 Å². The van der Waals surface area contributed by atoms with Crippen LogP contribution in [0.4, 0.5) is 0 Å². The molecule has 1 aliphatic carbocycles. The summed E-state index contributed by atoms with van der Waals surface area (Å²) in [5.74, 6) is 1.24. The predicted molar refractivity (Wildman–Crippen MR) is 66.7 cm³/mol. The summed E-state index contributed by atoms with van der Waals surface area (Å²) >= 11 is 7.55. The van der Waals surface area contributed by atoms with E-state index in [-0.39, 0.29) is 0 Å². The van der Waals surface area contributed by atoms with E-state index >= 15 is 0 Å². The predicted octanol–water partition coefficient (Wildman–Crippen LogP) is 4.57. The van der Waals surface area contributed by atoms with Crippen molar-refractivity contribution in [1.82, 2.24) is 4.98 Å². The molecule has 1 aliphatic rings. The van der Waals surface area contributed by atoms with Gasteiger partial charge in [-0.1, -0.05) is 13.8 Å². The highest BCUT2D eigenvalue weighted by Gasteiger charge is 2.28. The molecule has 1 nitrogen and oxygen atoms in total. The van der Waals surface area contributed by atoms with Gasteiger partial charge in [0.1, 0.15) is 0 Å². The van der Waals surface area contributed by atoms with Gasteiger partial charge in [-0.2, -0.15) is 0 Å². The Hall–Kier alpha value is -0.0800. The summed E-state index contributed by atoms with van der Waals surface area (Å²) in [4.78, 5) is 4.59. The highest BCUT2D eigenvalue weighted by Crippen LogP contribution is 2.42. The van der Waals surface area contributed by atoms with Gasteiger partial charge in [-0.3, -0.25) is 0 Å². The number of nitrogens with zero attached hydrogens (tertiary/aromatic N) is 1. The Kier molecular flexibility index (Phi) is 3.36. The molecule has 0 atom stereocenters. The van der Waals surface area contributed by atoms with Gasteiger partial charge in [0.15, 0.2) is 0 Å². The standard InChI is InChI=1S/C12H18ClNS/c1-12(2)5-3-9(4-6-12)11-14-10(7-13)8-15-11/h8-9H,3-7H2,1-2H3. The quantitative estimate of drug-likeness (QED) is 0.694. The number of alkyl halides is 1. The molecule has 0 amide bonds. The molecule has 1 aromatic rings. The van der Waals surface area contributed by atoms with Crippen LogP contribution in [0.3, 0.4) is 0 Å². The second-order valence-electron chi connectivity index (χ2n) is 5.25. The molecule has 0 N–H and O–H groups in total. The SMILES string of the molecule is CC1(C)CCC(c2nc(CCl)cs2)CC1. The van der Waals surface area contributed by atoms with Crippen LogP contribution in [0.1, 0.15) is 56.2 Å². The molecule has 1 heterocycles. The van der Waals surface area contributed by atoms with E-state index in [1.807, 2.05) is 0 Å². The summed E-state index contributed by atoms with van der Waals surface area (Å²) in [6.07, 6.45) is 5.24.